The first-order chi connectivity index (χ1) is 19.2. The van der Waals surface area contributed by atoms with E-state index in [1.54, 1.807) is 0 Å². The molecule has 1 saturated carbocycles. The maximum atomic E-state index is 9.35. The summed E-state index contributed by atoms with van der Waals surface area (Å²) in [5, 5.41) is 9.35. The third-order valence-electron chi connectivity index (χ3n) is 9.08. The zero-order chi connectivity index (χ0) is 28.1. The molecule has 5 heteroatoms. The number of nitriles is 1. The lowest BCUT2D eigenvalue weighted by Crippen LogP contribution is -2.25. The minimum Gasteiger partial charge on any atom is -0.491 e. The highest BCUT2D eigenvalue weighted by molar-refractivity contribution is 5.75. The Kier molecular flexibility index (Phi) is 6.89. The van der Waals surface area contributed by atoms with Gasteiger partial charge in [-0.15, -0.1) is 0 Å². The average molecular weight is 538 g/mol. The maximum absolute atomic E-state index is 9.35. The third-order valence-corrected chi connectivity index (χ3v) is 9.08. The molecule has 0 amide bonds. The van der Waals surface area contributed by atoms with Gasteiger partial charge >= 0.3 is 0 Å². The Balaban J connectivity index is 1.16. The molecule has 3 aromatic rings. The lowest BCUT2D eigenvalue weighted by atomic mass is 9.87. The fourth-order valence-electron chi connectivity index (χ4n) is 6.84. The van der Waals surface area contributed by atoms with Crippen LogP contribution in [0.15, 0.2) is 48.5 Å². The zero-order valence-corrected chi connectivity index (χ0v) is 24.3. The third kappa shape index (κ3) is 5.11. The summed E-state index contributed by atoms with van der Waals surface area (Å²) in [4.78, 5) is 0. The lowest BCUT2D eigenvalue weighted by molar-refractivity contribution is -0.141. The molecule has 1 spiro atoms. The smallest absolute Gasteiger partial charge is 0.163 e. The maximum Gasteiger partial charge on any atom is 0.163 e. The standard InChI is InChI=1S/C35H39NO4/c1-22-15-28(38-20-29-21-39-34(4,5)40-29)16-23(2)33(22)30-8-6-7-25(24(30)3)19-37-27-9-10-31-26(17-27)18-35(12-13-35)32(31)11-14-36/h6-10,15-17,29,32H,11-13,18-21H2,1-5H3/t29-,32?/m0/s1. The highest BCUT2D eigenvalue weighted by Gasteiger charge is 2.54. The minimum atomic E-state index is -0.545. The molecule has 0 aromatic heterocycles. The predicted molar refractivity (Wildman–Crippen MR) is 156 cm³/mol. The Bertz CT molecular complexity index is 1460. The molecule has 0 bridgehead atoms. The van der Waals surface area contributed by atoms with Crippen molar-refractivity contribution in [2.75, 3.05) is 13.2 Å². The van der Waals surface area contributed by atoms with Crippen molar-refractivity contribution in [2.45, 2.75) is 84.7 Å². The Morgan fingerprint density at radius 2 is 1.75 bits per heavy atom. The van der Waals surface area contributed by atoms with E-state index < -0.39 is 5.79 Å². The van der Waals surface area contributed by atoms with Crippen molar-refractivity contribution in [3.8, 4) is 28.7 Å². The monoisotopic (exact) mass is 537 g/mol. The van der Waals surface area contributed by atoms with Gasteiger partial charge < -0.3 is 18.9 Å². The fraction of sp³-hybridized carbons (Fsp3) is 0.457. The first-order valence-electron chi connectivity index (χ1n) is 14.5. The van der Waals surface area contributed by atoms with Crippen molar-refractivity contribution in [1.29, 1.82) is 5.26 Å². The van der Waals surface area contributed by atoms with Gasteiger partial charge in [0.1, 0.15) is 30.8 Å². The van der Waals surface area contributed by atoms with Gasteiger partial charge in [0.25, 0.3) is 0 Å². The first kappa shape index (κ1) is 26.9. The van der Waals surface area contributed by atoms with Gasteiger partial charge in [-0.1, -0.05) is 24.3 Å². The van der Waals surface area contributed by atoms with Crippen LogP contribution in [0.25, 0.3) is 11.1 Å². The highest BCUT2D eigenvalue weighted by atomic mass is 16.7. The summed E-state index contributed by atoms with van der Waals surface area (Å²) in [6, 6.07) is 19.6. The van der Waals surface area contributed by atoms with Gasteiger partial charge in [-0.25, -0.2) is 0 Å². The van der Waals surface area contributed by atoms with Crippen molar-refractivity contribution < 1.29 is 18.9 Å². The van der Waals surface area contributed by atoms with E-state index in [4.69, 9.17) is 18.9 Å². The summed E-state index contributed by atoms with van der Waals surface area (Å²) in [6.07, 6.45) is 4.12. The molecule has 208 valence electrons. The van der Waals surface area contributed by atoms with E-state index in [9.17, 15) is 5.26 Å². The van der Waals surface area contributed by atoms with Crippen molar-refractivity contribution in [1.82, 2.24) is 0 Å². The van der Waals surface area contributed by atoms with Crippen LogP contribution >= 0.6 is 0 Å². The fourth-order valence-corrected chi connectivity index (χ4v) is 6.84. The van der Waals surface area contributed by atoms with Gasteiger partial charge in [0.15, 0.2) is 5.79 Å². The summed E-state index contributed by atoms with van der Waals surface area (Å²) >= 11 is 0. The lowest BCUT2D eigenvalue weighted by Gasteiger charge is -2.19. The van der Waals surface area contributed by atoms with E-state index in [0.717, 1.165) is 17.9 Å². The summed E-state index contributed by atoms with van der Waals surface area (Å²) in [7, 11) is 0. The molecule has 0 N–H and O–H groups in total. The average Bonchev–Trinajstić information content (AvgIpc) is 3.50. The molecular weight excluding hydrogens is 498 g/mol. The quantitative estimate of drug-likeness (QED) is 0.294. The van der Waals surface area contributed by atoms with Crippen LogP contribution in [0, 0.1) is 37.5 Å². The molecule has 1 unspecified atom stereocenters. The molecular formula is C35H39NO4. The molecule has 0 radical (unpaired) electrons. The molecule has 1 aliphatic heterocycles. The normalized spacial score (nSPS) is 21.7. The molecule has 3 aromatic carbocycles. The second-order valence-corrected chi connectivity index (χ2v) is 12.4. The van der Waals surface area contributed by atoms with Gasteiger partial charge in [-0.2, -0.15) is 5.26 Å². The summed E-state index contributed by atoms with van der Waals surface area (Å²) in [6.45, 7) is 11.9. The van der Waals surface area contributed by atoms with Crippen LogP contribution in [-0.2, 0) is 22.5 Å². The Hall–Kier alpha value is -3.33. The Morgan fingerprint density at radius 3 is 2.42 bits per heavy atom. The van der Waals surface area contributed by atoms with Crippen LogP contribution in [0.3, 0.4) is 0 Å². The van der Waals surface area contributed by atoms with E-state index in [1.165, 1.54) is 57.3 Å². The molecule has 2 fully saturated rings. The Labute approximate surface area is 238 Å². The molecule has 3 aliphatic rings. The van der Waals surface area contributed by atoms with Crippen molar-refractivity contribution in [2.24, 2.45) is 5.41 Å². The Morgan fingerprint density at radius 1 is 0.975 bits per heavy atom. The van der Waals surface area contributed by atoms with E-state index in [1.807, 2.05) is 13.8 Å². The van der Waals surface area contributed by atoms with Gasteiger partial charge in [-0.05, 0) is 128 Å². The van der Waals surface area contributed by atoms with Crippen LogP contribution < -0.4 is 9.47 Å². The van der Waals surface area contributed by atoms with Crippen LogP contribution in [-0.4, -0.2) is 25.1 Å². The van der Waals surface area contributed by atoms with Gasteiger partial charge in [0.2, 0.25) is 0 Å². The number of aryl methyl sites for hydroxylation is 2. The number of nitrogens with zero attached hydrogens (tertiary/aromatic N) is 1. The number of ether oxygens (including phenoxy) is 4. The predicted octanol–water partition coefficient (Wildman–Crippen LogP) is 7.72. The summed E-state index contributed by atoms with van der Waals surface area (Å²) in [5.74, 6) is 1.61. The van der Waals surface area contributed by atoms with E-state index >= 15 is 0 Å². The number of benzene rings is 3. The van der Waals surface area contributed by atoms with Crippen molar-refractivity contribution >= 4 is 0 Å². The summed E-state index contributed by atoms with van der Waals surface area (Å²) in [5.41, 5.74) is 10.3. The second kappa shape index (κ2) is 10.3. The van der Waals surface area contributed by atoms with Crippen LogP contribution in [0.2, 0.25) is 0 Å². The molecule has 2 atom stereocenters. The minimum absolute atomic E-state index is 0.0614. The zero-order valence-electron chi connectivity index (χ0n) is 24.3. The van der Waals surface area contributed by atoms with E-state index in [0.29, 0.717) is 37.6 Å². The molecule has 5 nitrogen and oxygen atoms in total. The molecule has 6 rings (SSSR count). The topological polar surface area (TPSA) is 60.7 Å². The van der Waals surface area contributed by atoms with Gasteiger partial charge in [0.05, 0.1) is 12.7 Å². The molecule has 1 saturated heterocycles. The van der Waals surface area contributed by atoms with Gasteiger partial charge in [0, 0.05) is 12.3 Å². The number of fused-ring (bicyclic) bond motifs is 1. The summed E-state index contributed by atoms with van der Waals surface area (Å²) < 4.78 is 24.0. The number of hydrogen-bond donors (Lipinski definition) is 0. The largest absolute Gasteiger partial charge is 0.491 e. The molecule has 1 heterocycles. The molecule has 2 aliphatic carbocycles. The second-order valence-electron chi connectivity index (χ2n) is 12.4. The first-order valence-corrected chi connectivity index (χ1v) is 14.5. The van der Waals surface area contributed by atoms with Crippen molar-refractivity contribution in [3.63, 3.8) is 0 Å². The van der Waals surface area contributed by atoms with E-state index in [-0.39, 0.29) is 6.10 Å². The van der Waals surface area contributed by atoms with Gasteiger partial charge in [-0.3, -0.25) is 0 Å². The highest BCUT2D eigenvalue weighted by Crippen LogP contribution is 2.64. The van der Waals surface area contributed by atoms with Crippen LogP contribution in [0.4, 0.5) is 0 Å². The van der Waals surface area contributed by atoms with Crippen LogP contribution in [0.5, 0.6) is 11.5 Å². The SMILES string of the molecule is Cc1cc(OC[C@H]2COC(C)(C)O2)cc(C)c1-c1cccc(COc2ccc3c(c2)CC2(CC2)C3CC#N)c1C. The van der Waals surface area contributed by atoms with Crippen molar-refractivity contribution in [3.05, 3.63) is 81.9 Å². The number of rotatable bonds is 8. The van der Waals surface area contributed by atoms with Crippen LogP contribution in [0.1, 0.15) is 72.4 Å². The van der Waals surface area contributed by atoms with E-state index in [2.05, 4.69) is 75.4 Å². The number of hydrogen-bond acceptors (Lipinski definition) is 5. The molecule has 40 heavy (non-hydrogen) atoms.